The Labute approximate surface area is 156 Å². The van der Waals surface area contributed by atoms with E-state index in [2.05, 4.69) is 11.6 Å². The number of allylic oxidation sites excluding steroid dienone is 1. The molecule has 3 heterocycles. The molecule has 0 spiro atoms. The van der Waals surface area contributed by atoms with Crippen LogP contribution in [0.2, 0.25) is 0 Å². The lowest BCUT2D eigenvalue weighted by Gasteiger charge is -2.48. The summed E-state index contributed by atoms with van der Waals surface area (Å²) in [5, 5.41) is 14.0. The molecule has 2 saturated heterocycles. The van der Waals surface area contributed by atoms with Gasteiger partial charge in [0.1, 0.15) is 0 Å². The van der Waals surface area contributed by atoms with Crippen LogP contribution in [0.1, 0.15) is 32.6 Å². The number of carbonyl (C=O) groups excluding carboxylic acids is 1. The molecule has 0 aromatic rings. The SMILES string of the molecule is CC1=C(C(N)=O)S(C)(C2CCN(CC(=O)O)CC2)C(C2CCNCC2)=N1. The van der Waals surface area contributed by atoms with Crippen molar-refractivity contribution in [3.05, 3.63) is 10.6 Å². The van der Waals surface area contributed by atoms with Crippen molar-refractivity contribution in [3.8, 4) is 0 Å². The van der Waals surface area contributed by atoms with Crippen LogP contribution in [-0.2, 0) is 9.59 Å². The van der Waals surface area contributed by atoms with Gasteiger partial charge in [-0.05, 0) is 65.0 Å². The summed E-state index contributed by atoms with van der Waals surface area (Å²) in [6, 6.07) is 0. The standard InChI is InChI=1S/C18H30N4O3S/c1-12-16(17(19)25)26(2,18(21-12)13-3-7-20-8-4-13)14-5-9-22(10-6-14)11-15(23)24/h13-14,20H,3-11H2,1-2H3,(H2,19,25)(H,23,24). The molecule has 8 heteroatoms. The minimum Gasteiger partial charge on any atom is -0.480 e. The number of hydrogen-bond donors (Lipinski definition) is 3. The second-order valence-corrected chi connectivity index (χ2v) is 11.1. The van der Waals surface area contributed by atoms with Crippen LogP contribution in [0, 0.1) is 5.92 Å². The van der Waals surface area contributed by atoms with Gasteiger partial charge in [-0.2, -0.15) is 10.0 Å². The van der Waals surface area contributed by atoms with E-state index in [-0.39, 0.29) is 12.5 Å². The number of nitrogens with two attached hydrogens (primary N) is 1. The number of rotatable bonds is 5. The van der Waals surface area contributed by atoms with Gasteiger partial charge in [0.05, 0.1) is 22.2 Å². The fraction of sp³-hybridized carbons (Fsp3) is 0.722. The fourth-order valence-corrected chi connectivity index (χ4v) is 9.05. The molecule has 3 rings (SSSR count). The molecule has 1 unspecified atom stereocenters. The zero-order valence-corrected chi connectivity index (χ0v) is 16.5. The number of carboxylic acids is 1. The number of primary amides is 1. The van der Waals surface area contributed by atoms with Crippen LogP contribution in [0.15, 0.2) is 15.6 Å². The van der Waals surface area contributed by atoms with E-state index >= 15 is 0 Å². The van der Waals surface area contributed by atoms with Gasteiger partial charge in [0, 0.05) is 11.2 Å². The van der Waals surface area contributed by atoms with Crippen LogP contribution < -0.4 is 11.1 Å². The number of nitrogens with zero attached hydrogens (tertiary/aromatic N) is 2. The molecule has 3 aliphatic rings. The molecule has 0 radical (unpaired) electrons. The summed E-state index contributed by atoms with van der Waals surface area (Å²) in [6.07, 6.45) is 6.12. The molecule has 26 heavy (non-hydrogen) atoms. The first kappa shape index (κ1) is 19.4. The van der Waals surface area contributed by atoms with Crippen molar-refractivity contribution >= 4 is 26.9 Å². The molecular formula is C18H30N4O3S. The highest BCUT2D eigenvalue weighted by atomic mass is 32.3. The van der Waals surface area contributed by atoms with Gasteiger partial charge in [-0.3, -0.25) is 19.5 Å². The van der Waals surface area contributed by atoms with Crippen LogP contribution in [0.25, 0.3) is 0 Å². The van der Waals surface area contributed by atoms with E-state index in [0.717, 1.165) is 62.5 Å². The monoisotopic (exact) mass is 382 g/mol. The average Bonchev–Trinajstić information content (AvgIpc) is 2.87. The van der Waals surface area contributed by atoms with Crippen molar-refractivity contribution in [2.75, 3.05) is 39.0 Å². The largest absolute Gasteiger partial charge is 0.480 e. The summed E-state index contributed by atoms with van der Waals surface area (Å²) < 4.78 is 0. The number of nitrogens with one attached hydrogen (secondary N) is 1. The summed E-state index contributed by atoms with van der Waals surface area (Å²) >= 11 is 0. The van der Waals surface area contributed by atoms with Gasteiger partial charge in [0.2, 0.25) is 0 Å². The van der Waals surface area contributed by atoms with Gasteiger partial charge in [0.25, 0.3) is 5.91 Å². The minimum atomic E-state index is -1.53. The Morgan fingerprint density at radius 3 is 2.42 bits per heavy atom. The summed E-state index contributed by atoms with van der Waals surface area (Å²) in [7, 11) is -1.53. The lowest BCUT2D eigenvalue weighted by molar-refractivity contribution is -0.138. The molecule has 0 aromatic carbocycles. The maximum Gasteiger partial charge on any atom is 0.317 e. The van der Waals surface area contributed by atoms with Crippen molar-refractivity contribution < 1.29 is 14.7 Å². The molecule has 146 valence electrons. The normalized spacial score (nSPS) is 31.5. The van der Waals surface area contributed by atoms with E-state index in [4.69, 9.17) is 15.8 Å². The summed E-state index contributed by atoms with van der Waals surface area (Å²) in [6.45, 7) is 5.49. The number of aliphatic carboxylic acids is 1. The predicted molar refractivity (Wildman–Crippen MR) is 106 cm³/mol. The Hall–Kier alpha value is -1.38. The predicted octanol–water partition coefficient (Wildman–Crippen LogP) is 1.10. The van der Waals surface area contributed by atoms with Crippen LogP contribution in [0.5, 0.6) is 0 Å². The van der Waals surface area contributed by atoms with Crippen LogP contribution in [-0.4, -0.2) is 71.2 Å². The Bertz CT molecular complexity index is 649. The molecule has 0 aliphatic carbocycles. The number of piperidine rings is 2. The van der Waals surface area contributed by atoms with Crippen molar-refractivity contribution in [1.29, 1.82) is 0 Å². The first-order valence-electron chi connectivity index (χ1n) is 9.35. The minimum absolute atomic E-state index is 0.0888. The third kappa shape index (κ3) is 3.54. The Balaban J connectivity index is 1.85. The summed E-state index contributed by atoms with van der Waals surface area (Å²) in [5.74, 6) is -0.700. The number of likely N-dealkylation sites (tertiary alicyclic amines) is 1. The number of amides is 1. The van der Waals surface area contributed by atoms with Crippen LogP contribution in [0.4, 0.5) is 0 Å². The molecule has 3 aliphatic heterocycles. The molecular weight excluding hydrogens is 352 g/mol. The molecule has 0 aromatic heterocycles. The topological polar surface area (TPSA) is 108 Å². The highest BCUT2D eigenvalue weighted by Crippen LogP contribution is 2.66. The first-order valence-corrected chi connectivity index (χ1v) is 11.5. The number of carboxylic acid groups (broad SMARTS) is 1. The second-order valence-electron chi connectivity index (χ2n) is 7.60. The van der Waals surface area contributed by atoms with E-state index in [1.807, 2.05) is 11.8 Å². The molecule has 1 atom stereocenters. The van der Waals surface area contributed by atoms with E-state index in [0.29, 0.717) is 11.2 Å². The lowest BCUT2D eigenvalue weighted by atomic mass is 9.99. The van der Waals surface area contributed by atoms with Crippen molar-refractivity contribution in [2.45, 2.75) is 37.9 Å². The van der Waals surface area contributed by atoms with E-state index in [1.54, 1.807) is 0 Å². The fourth-order valence-electron chi connectivity index (χ4n) is 4.68. The van der Waals surface area contributed by atoms with Gasteiger partial charge in [0.15, 0.2) is 0 Å². The van der Waals surface area contributed by atoms with Crippen molar-refractivity contribution in [2.24, 2.45) is 16.6 Å². The molecule has 1 amide bonds. The Morgan fingerprint density at radius 1 is 1.27 bits per heavy atom. The quantitative estimate of drug-likeness (QED) is 0.660. The van der Waals surface area contributed by atoms with E-state index in [1.165, 1.54) is 5.04 Å². The van der Waals surface area contributed by atoms with Gasteiger partial charge < -0.3 is 16.2 Å². The maximum atomic E-state index is 12.3. The van der Waals surface area contributed by atoms with E-state index < -0.39 is 16.0 Å². The molecule has 0 bridgehead atoms. The number of hydrogen-bond acceptors (Lipinski definition) is 5. The molecule has 7 nitrogen and oxygen atoms in total. The zero-order valence-electron chi connectivity index (χ0n) is 15.7. The summed E-state index contributed by atoms with van der Waals surface area (Å²) in [5.41, 5.74) is 6.61. The number of aliphatic imine (C=N–C) groups is 1. The Kier molecular flexibility index (Phi) is 5.74. The summed E-state index contributed by atoms with van der Waals surface area (Å²) in [4.78, 5) is 30.9. The molecule has 4 N–H and O–H groups in total. The first-order chi connectivity index (χ1) is 12.3. The third-order valence-electron chi connectivity index (χ3n) is 5.94. The van der Waals surface area contributed by atoms with Crippen molar-refractivity contribution in [3.63, 3.8) is 0 Å². The van der Waals surface area contributed by atoms with Gasteiger partial charge >= 0.3 is 5.97 Å². The highest BCUT2D eigenvalue weighted by Gasteiger charge is 2.47. The van der Waals surface area contributed by atoms with E-state index in [9.17, 15) is 9.59 Å². The smallest absolute Gasteiger partial charge is 0.317 e. The van der Waals surface area contributed by atoms with Crippen LogP contribution >= 0.6 is 10.0 Å². The number of carbonyl (C=O) groups is 2. The third-order valence-corrected chi connectivity index (χ3v) is 10.4. The van der Waals surface area contributed by atoms with Gasteiger partial charge in [-0.1, -0.05) is 0 Å². The highest BCUT2D eigenvalue weighted by molar-refractivity contribution is 8.48. The van der Waals surface area contributed by atoms with Crippen LogP contribution in [0.3, 0.4) is 0 Å². The second kappa shape index (κ2) is 7.70. The Morgan fingerprint density at radius 2 is 1.88 bits per heavy atom. The van der Waals surface area contributed by atoms with Gasteiger partial charge in [-0.15, -0.1) is 0 Å². The lowest BCUT2D eigenvalue weighted by Crippen LogP contribution is -2.43. The van der Waals surface area contributed by atoms with Crippen molar-refractivity contribution in [1.82, 2.24) is 10.2 Å². The zero-order chi connectivity index (χ0) is 18.9. The van der Waals surface area contributed by atoms with Gasteiger partial charge in [-0.25, -0.2) is 0 Å². The maximum absolute atomic E-state index is 12.3. The average molecular weight is 383 g/mol. The molecule has 0 saturated carbocycles. The molecule has 2 fully saturated rings.